The number of benzene rings is 2. The molecule has 0 fully saturated rings. The van der Waals surface area contributed by atoms with Crippen molar-refractivity contribution in [1.29, 1.82) is 0 Å². The van der Waals surface area contributed by atoms with Gasteiger partial charge in [0.1, 0.15) is 5.82 Å². The molecule has 2 rings (SSSR count). The third kappa shape index (κ3) is 2.07. The Balaban J connectivity index is 2.56. The fourth-order valence-corrected chi connectivity index (χ4v) is 1.78. The zero-order valence-electron chi connectivity index (χ0n) is 9.48. The largest absolute Gasteiger partial charge is 0.355 e. The predicted molar refractivity (Wildman–Crippen MR) is 63.7 cm³/mol. The van der Waals surface area contributed by atoms with Crippen LogP contribution in [0.1, 0.15) is 11.1 Å². The Hall–Kier alpha value is -1.71. The fourth-order valence-electron chi connectivity index (χ4n) is 1.78. The van der Waals surface area contributed by atoms with E-state index in [1.807, 2.05) is 18.2 Å². The summed E-state index contributed by atoms with van der Waals surface area (Å²) in [5.74, 6) is -0.430. The van der Waals surface area contributed by atoms with Gasteiger partial charge in [0.25, 0.3) is 0 Å². The third-order valence-electron chi connectivity index (χ3n) is 2.74. The monoisotopic (exact) mass is 230 g/mol. The second-order valence-electron chi connectivity index (χ2n) is 3.71. The molecule has 0 aliphatic carbocycles. The van der Waals surface area contributed by atoms with Crippen LogP contribution in [-0.4, -0.2) is 7.11 Å². The molecule has 0 amide bonds. The molecule has 17 heavy (non-hydrogen) atoms. The zero-order chi connectivity index (χ0) is 12.3. The van der Waals surface area contributed by atoms with Crippen LogP contribution in [0.4, 0.5) is 4.39 Å². The normalized spacial score (nSPS) is 14.3. The van der Waals surface area contributed by atoms with Crippen LogP contribution in [-0.2, 0) is 10.5 Å². The van der Waals surface area contributed by atoms with E-state index in [0.29, 0.717) is 11.1 Å². The van der Waals surface area contributed by atoms with Crippen LogP contribution < -0.4 is 5.73 Å². The third-order valence-corrected chi connectivity index (χ3v) is 2.74. The minimum atomic E-state index is -1.28. The van der Waals surface area contributed by atoms with Crippen LogP contribution in [0, 0.1) is 11.9 Å². The molecular weight excluding hydrogens is 217 g/mol. The lowest BCUT2D eigenvalue weighted by molar-refractivity contribution is 0.0247. The molecule has 0 bridgehead atoms. The minimum absolute atomic E-state index is 0.296. The van der Waals surface area contributed by atoms with E-state index in [-0.39, 0.29) is 0 Å². The Morgan fingerprint density at radius 1 is 1.24 bits per heavy atom. The first-order valence-electron chi connectivity index (χ1n) is 5.24. The number of hydrogen-bond donors (Lipinski definition) is 1. The van der Waals surface area contributed by atoms with Gasteiger partial charge in [-0.3, -0.25) is 5.73 Å². The Morgan fingerprint density at radius 3 is 2.53 bits per heavy atom. The molecule has 2 aromatic carbocycles. The summed E-state index contributed by atoms with van der Waals surface area (Å²) in [5, 5.41) is 0. The maximum absolute atomic E-state index is 13.8. The Bertz CT molecular complexity index is 501. The van der Waals surface area contributed by atoms with Gasteiger partial charge in [0.15, 0.2) is 5.72 Å². The van der Waals surface area contributed by atoms with Crippen molar-refractivity contribution in [2.45, 2.75) is 5.72 Å². The highest BCUT2D eigenvalue weighted by atomic mass is 19.1. The first-order valence-corrected chi connectivity index (χ1v) is 5.24. The maximum atomic E-state index is 13.8. The zero-order valence-corrected chi connectivity index (χ0v) is 9.48. The highest BCUT2D eigenvalue weighted by Gasteiger charge is 2.31. The molecule has 1 radical (unpaired) electrons. The van der Waals surface area contributed by atoms with Crippen molar-refractivity contribution in [1.82, 2.24) is 0 Å². The van der Waals surface area contributed by atoms with Gasteiger partial charge in [0.05, 0.1) is 0 Å². The summed E-state index contributed by atoms with van der Waals surface area (Å²) in [5.41, 5.74) is 5.89. The molecule has 0 spiro atoms. The average molecular weight is 230 g/mol. The van der Waals surface area contributed by atoms with Gasteiger partial charge in [0.2, 0.25) is 0 Å². The summed E-state index contributed by atoms with van der Waals surface area (Å²) in [6, 6.07) is 16.3. The minimum Gasteiger partial charge on any atom is -0.355 e. The molecule has 1 atom stereocenters. The maximum Gasteiger partial charge on any atom is 0.171 e. The molecule has 0 aliphatic heterocycles. The quantitative estimate of drug-likeness (QED) is 0.822. The SMILES string of the molecule is COC(N)(c1ccccc1)c1cc[c]cc1F. The molecule has 1 unspecified atom stereocenters. The molecule has 0 aliphatic rings. The van der Waals surface area contributed by atoms with Gasteiger partial charge in [0, 0.05) is 18.2 Å². The van der Waals surface area contributed by atoms with Crippen LogP contribution in [0.2, 0.25) is 0 Å². The lowest BCUT2D eigenvalue weighted by Crippen LogP contribution is -2.40. The van der Waals surface area contributed by atoms with Crippen molar-refractivity contribution >= 4 is 0 Å². The van der Waals surface area contributed by atoms with E-state index in [9.17, 15) is 4.39 Å². The molecule has 0 saturated heterocycles. The summed E-state index contributed by atoms with van der Waals surface area (Å²) in [7, 11) is 1.46. The standard InChI is InChI=1S/C14H13FNO/c1-17-14(16,11-7-3-2-4-8-11)12-9-5-6-10-13(12)15/h2-5,7-10H,16H2,1H3. The fraction of sp³-hybridized carbons (Fsp3) is 0.143. The Labute approximate surface area is 99.8 Å². The predicted octanol–water partition coefficient (Wildman–Crippen LogP) is 2.43. The molecule has 3 heteroatoms. The lowest BCUT2D eigenvalue weighted by Gasteiger charge is -2.29. The average Bonchev–Trinajstić information content (AvgIpc) is 2.39. The van der Waals surface area contributed by atoms with Gasteiger partial charge in [-0.15, -0.1) is 0 Å². The number of halogens is 1. The highest BCUT2D eigenvalue weighted by Crippen LogP contribution is 2.29. The van der Waals surface area contributed by atoms with E-state index >= 15 is 0 Å². The number of ether oxygens (including phenoxy) is 1. The summed E-state index contributed by atoms with van der Waals surface area (Å²) in [4.78, 5) is 0. The topological polar surface area (TPSA) is 35.2 Å². The molecular formula is C14H13FNO. The lowest BCUT2D eigenvalue weighted by atomic mass is 9.94. The van der Waals surface area contributed by atoms with E-state index < -0.39 is 11.5 Å². The van der Waals surface area contributed by atoms with Gasteiger partial charge in [-0.1, -0.05) is 42.5 Å². The van der Waals surface area contributed by atoms with Crippen molar-refractivity contribution in [3.05, 3.63) is 71.5 Å². The number of methoxy groups -OCH3 is 1. The van der Waals surface area contributed by atoms with Crippen molar-refractivity contribution in [3.63, 3.8) is 0 Å². The van der Waals surface area contributed by atoms with Gasteiger partial charge in [-0.2, -0.15) is 0 Å². The molecule has 2 nitrogen and oxygen atoms in total. The Morgan fingerprint density at radius 2 is 1.94 bits per heavy atom. The molecule has 0 heterocycles. The Kier molecular flexibility index (Phi) is 3.22. The van der Waals surface area contributed by atoms with Crippen molar-refractivity contribution in [2.24, 2.45) is 5.73 Å². The van der Waals surface area contributed by atoms with Crippen molar-refractivity contribution in [2.75, 3.05) is 7.11 Å². The molecule has 0 aromatic heterocycles. The van der Waals surface area contributed by atoms with E-state index in [1.165, 1.54) is 13.2 Å². The van der Waals surface area contributed by atoms with Gasteiger partial charge < -0.3 is 4.74 Å². The second kappa shape index (κ2) is 4.65. The van der Waals surface area contributed by atoms with E-state index in [0.717, 1.165) is 0 Å². The first kappa shape index (κ1) is 11.8. The second-order valence-corrected chi connectivity index (χ2v) is 3.71. The van der Waals surface area contributed by atoms with E-state index in [4.69, 9.17) is 10.5 Å². The van der Waals surface area contributed by atoms with E-state index in [2.05, 4.69) is 6.07 Å². The van der Waals surface area contributed by atoms with Crippen molar-refractivity contribution < 1.29 is 9.13 Å². The molecule has 2 N–H and O–H groups in total. The van der Waals surface area contributed by atoms with Gasteiger partial charge >= 0.3 is 0 Å². The van der Waals surface area contributed by atoms with Gasteiger partial charge in [-0.05, 0) is 12.1 Å². The molecule has 2 aromatic rings. The summed E-state index contributed by atoms with van der Waals surface area (Å²) < 4.78 is 19.1. The van der Waals surface area contributed by atoms with Crippen molar-refractivity contribution in [3.8, 4) is 0 Å². The number of hydrogen-bond acceptors (Lipinski definition) is 2. The van der Waals surface area contributed by atoms with Crippen LogP contribution >= 0.6 is 0 Å². The van der Waals surface area contributed by atoms with Crippen LogP contribution in [0.5, 0.6) is 0 Å². The van der Waals surface area contributed by atoms with Crippen LogP contribution in [0.15, 0.2) is 48.5 Å². The number of rotatable bonds is 3. The first-order chi connectivity index (χ1) is 8.18. The smallest absolute Gasteiger partial charge is 0.171 e. The summed E-state index contributed by atoms with van der Waals surface area (Å²) >= 11 is 0. The summed E-state index contributed by atoms with van der Waals surface area (Å²) in [6.07, 6.45) is 0. The van der Waals surface area contributed by atoms with Crippen LogP contribution in [0.25, 0.3) is 0 Å². The molecule has 0 saturated carbocycles. The highest BCUT2D eigenvalue weighted by molar-refractivity contribution is 5.35. The number of nitrogens with two attached hydrogens (primary N) is 1. The van der Waals surface area contributed by atoms with Crippen LogP contribution in [0.3, 0.4) is 0 Å². The molecule has 87 valence electrons. The van der Waals surface area contributed by atoms with Gasteiger partial charge in [-0.25, -0.2) is 4.39 Å². The summed E-state index contributed by atoms with van der Waals surface area (Å²) in [6.45, 7) is 0. The van der Waals surface area contributed by atoms with E-state index in [1.54, 1.807) is 24.3 Å².